The molecule has 0 aromatic carbocycles. The van der Waals surface area contributed by atoms with E-state index >= 15 is 0 Å². The Bertz CT molecular complexity index is 391. The Balaban J connectivity index is 2.01. The van der Waals surface area contributed by atoms with Gasteiger partial charge in [-0.3, -0.25) is 4.79 Å². The zero-order valence-electron chi connectivity index (χ0n) is 8.46. The molecule has 0 bridgehead atoms. The molecule has 4 nitrogen and oxygen atoms in total. The second kappa shape index (κ2) is 4.88. The van der Waals surface area contributed by atoms with Crippen molar-refractivity contribution < 1.29 is 14.7 Å². The van der Waals surface area contributed by atoms with E-state index in [0.717, 1.165) is 5.56 Å². The van der Waals surface area contributed by atoms with Crippen LogP contribution in [0.5, 0.6) is 0 Å². The van der Waals surface area contributed by atoms with Crippen molar-refractivity contribution in [3.63, 3.8) is 0 Å². The van der Waals surface area contributed by atoms with E-state index in [9.17, 15) is 9.59 Å². The lowest BCUT2D eigenvalue weighted by atomic mass is 10.2. The van der Waals surface area contributed by atoms with E-state index in [-0.39, 0.29) is 5.91 Å². The summed E-state index contributed by atoms with van der Waals surface area (Å²) in [4.78, 5) is 24.2. The average Bonchev–Trinajstić information content (AvgIpc) is 2.86. The van der Waals surface area contributed by atoms with Gasteiger partial charge in [-0.05, 0) is 22.4 Å². The lowest BCUT2D eigenvalue weighted by Crippen LogP contribution is -2.40. The molecule has 6 heteroatoms. The predicted octanol–water partition coefficient (Wildman–Crippen LogP) is 1.28. The Morgan fingerprint density at radius 3 is 3.00 bits per heavy atom. The first-order chi connectivity index (χ1) is 7.68. The van der Waals surface area contributed by atoms with Crippen LogP contribution in [-0.2, 0) is 16.0 Å². The molecule has 1 aliphatic rings. The molecule has 0 radical (unpaired) electrons. The summed E-state index contributed by atoms with van der Waals surface area (Å²) in [5, 5.41) is 12.1. The number of hydrogen-bond acceptors (Lipinski definition) is 4. The molecule has 1 aromatic heterocycles. The number of nitrogens with zero attached hydrogens (tertiary/aromatic N) is 1. The third kappa shape index (κ3) is 2.38. The van der Waals surface area contributed by atoms with Crippen LogP contribution in [-0.4, -0.2) is 39.6 Å². The molecule has 1 fully saturated rings. The van der Waals surface area contributed by atoms with Crippen molar-refractivity contribution in [1.29, 1.82) is 0 Å². The van der Waals surface area contributed by atoms with Crippen LogP contribution in [0.15, 0.2) is 16.8 Å². The summed E-state index contributed by atoms with van der Waals surface area (Å²) in [5.74, 6) is -0.330. The maximum Gasteiger partial charge on any atom is 0.337 e. The second-order valence-corrected chi connectivity index (χ2v) is 5.43. The first kappa shape index (κ1) is 11.5. The van der Waals surface area contributed by atoms with Crippen LogP contribution < -0.4 is 0 Å². The molecule has 2 heterocycles. The Labute approximate surface area is 101 Å². The largest absolute Gasteiger partial charge is 0.479 e. The number of aliphatic carboxylic acids is 1. The number of carboxylic acid groups (broad SMARTS) is 1. The van der Waals surface area contributed by atoms with Gasteiger partial charge in [0.15, 0.2) is 5.37 Å². The molecule has 1 saturated heterocycles. The SMILES string of the molecule is O=C(O)C1SCCN1C(=O)Cc1ccsc1. The number of amides is 1. The van der Waals surface area contributed by atoms with E-state index in [1.807, 2.05) is 16.8 Å². The summed E-state index contributed by atoms with van der Waals surface area (Å²) in [5.41, 5.74) is 0.955. The fourth-order valence-electron chi connectivity index (χ4n) is 1.60. The monoisotopic (exact) mass is 257 g/mol. The Kier molecular flexibility index (Phi) is 3.50. The van der Waals surface area contributed by atoms with Gasteiger partial charge in [0.25, 0.3) is 0 Å². The summed E-state index contributed by atoms with van der Waals surface area (Å²) >= 11 is 2.85. The smallest absolute Gasteiger partial charge is 0.337 e. The van der Waals surface area contributed by atoms with Gasteiger partial charge in [-0.2, -0.15) is 11.3 Å². The van der Waals surface area contributed by atoms with Crippen molar-refractivity contribution in [1.82, 2.24) is 4.90 Å². The first-order valence-electron chi connectivity index (χ1n) is 4.83. The molecular weight excluding hydrogens is 246 g/mol. The maximum atomic E-state index is 11.9. The molecule has 16 heavy (non-hydrogen) atoms. The molecule has 1 aromatic rings. The van der Waals surface area contributed by atoms with Crippen molar-refractivity contribution in [3.05, 3.63) is 22.4 Å². The van der Waals surface area contributed by atoms with Gasteiger partial charge in [0.1, 0.15) is 0 Å². The summed E-state index contributed by atoms with van der Waals surface area (Å²) in [6, 6.07) is 1.89. The highest BCUT2D eigenvalue weighted by Crippen LogP contribution is 2.24. The Morgan fingerprint density at radius 1 is 1.56 bits per heavy atom. The van der Waals surface area contributed by atoms with Crippen LogP contribution >= 0.6 is 23.1 Å². The molecule has 1 amide bonds. The molecule has 1 N–H and O–H groups in total. The van der Waals surface area contributed by atoms with Crippen LogP contribution in [0.1, 0.15) is 5.56 Å². The van der Waals surface area contributed by atoms with Crippen molar-refractivity contribution in [3.8, 4) is 0 Å². The molecule has 86 valence electrons. The van der Waals surface area contributed by atoms with Crippen LogP contribution in [0, 0.1) is 0 Å². The van der Waals surface area contributed by atoms with Gasteiger partial charge in [-0.25, -0.2) is 4.79 Å². The Morgan fingerprint density at radius 2 is 2.38 bits per heavy atom. The minimum atomic E-state index is -0.929. The molecule has 0 spiro atoms. The lowest BCUT2D eigenvalue weighted by Gasteiger charge is -2.20. The number of hydrogen-bond donors (Lipinski definition) is 1. The van der Waals surface area contributed by atoms with Gasteiger partial charge < -0.3 is 10.0 Å². The molecular formula is C10H11NO3S2. The second-order valence-electron chi connectivity index (χ2n) is 3.46. The fraction of sp³-hybridized carbons (Fsp3) is 0.400. The number of carbonyl (C=O) groups is 2. The third-order valence-electron chi connectivity index (χ3n) is 2.36. The molecule has 1 aliphatic heterocycles. The van der Waals surface area contributed by atoms with Crippen LogP contribution in [0.4, 0.5) is 0 Å². The predicted molar refractivity (Wildman–Crippen MR) is 63.6 cm³/mol. The minimum absolute atomic E-state index is 0.101. The van der Waals surface area contributed by atoms with Crippen molar-refractivity contribution >= 4 is 35.0 Å². The number of carboxylic acids is 1. The highest BCUT2D eigenvalue weighted by Gasteiger charge is 2.34. The summed E-state index contributed by atoms with van der Waals surface area (Å²) in [6.07, 6.45) is 0.299. The van der Waals surface area contributed by atoms with Gasteiger partial charge in [-0.1, -0.05) is 0 Å². The number of thiophene rings is 1. The summed E-state index contributed by atoms with van der Waals surface area (Å²) < 4.78 is 0. The Hall–Kier alpha value is -1.01. The zero-order valence-corrected chi connectivity index (χ0v) is 10.1. The van der Waals surface area contributed by atoms with Gasteiger partial charge in [-0.15, -0.1) is 11.8 Å². The lowest BCUT2D eigenvalue weighted by molar-refractivity contribution is -0.145. The zero-order chi connectivity index (χ0) is 11.5. The highest BCUT2D eigenvalue weighted by atomic mass is 32.2. The highest BCUT2D eigenvalue weighted by molar-refractivity contribution is 8.00. The summed E-state index contributed by atoms with van der Waals surface area (Å²) in [7, 11) is 0. The van der Waals surface area contributed by atoms with Crippen LogP contribution in [0.2, 0.25) is 0 Å². The van der Waals surface area contributed by atoms with E-state index in [2.05, 4.69) is 0 Å². The number of rotatable bonds is 3. The normalized spacial score (nSPS) is 20.0. The van der Waals surface area contributed by atoms with E-state index < -0.39 is 11.3 Å². The fourth-order valence-corrected chi connectivity index (χ4v) is 3.34. The maximum absolute atomic E-state index is 11.9. The molecule has 1 atom stereocenters. The minimum Gasteiger partial charge on any atom is -0.479 e. The van der Waals surface area contributed by atoms with Crippen molar-refractivity contribution in [2.24, 2.45) is 0 Å². The van der Waals surface area contributed by atoms with E-state index in [0.29, 0.717) is 18.7 Å². The van der Waals surface area contributed by atoms with Gasteiger partial charge in [0.05, 0.1) is 6.42 Å². The van der Waals surface area contributed by atoms with E-state index in [1.165, 1.54) is 28.0 Å². The van der Waals surface area contributed by atoms with E-state index in [1.54, 1.807) is 0 Å². The van der Waals surface area contributed by atoms with Gasteiger partial charge in [0, 0.05) is 12.3 Å². The topological polar surface area (TPSA) is 57.6 Å². The van der Waals surface area contributed by atoms with Crippen molar-refractivity contribution in [2.75, 3.05) is 12.3 Å². The standard InChI is InChI=1S/C10H11NO3S2/c12-8(5-7-1-3-15-6-7)11-2-4-16-9(11)10(13)14/h1,3,6,9H,2,4-5H2,(H,13,14). The first-order valence-corrected chi connectivity index (χ1v) is 6.82. The molecule has 0 aliphatic carbocycles. The number of thioether (sulfide) groups is 1. The van der Waals surface area contributed by atoms with E-state index in [4.69, 9.17) is 5.11 Å². The quantitative estimate of drug-likeness (QED) is 0.886. The summed E-state index contributed by atoms with van der Waals surface area (Å²) in [6.45, 7) is 0.532. The van der Waals surface area contributed by atoms with Crippen LogP contribution in [0.25, 0.3) is 0 Å². The molecule has 2 rings (SSSR count). The van der Waals surface area contributed by atoms with Gasteiger partial charge in [0.2, 0.25) is 5.91 Å². The molecule has 0 saturated carbocycles. The van der Waals surface area contributed by atoms with Crippen LogP contribution in [0.3, 0.4) is 0 Å². The van der Waals surface area contributed by atoms with Gasteiger partial charge >= 0.3 is 5.97 Å². The third-order valence-corrected chi connectivity index (χ3v) is 4.28. The molecule has 1 unspecified atom stereocenters. The number of carbonyl (C=O) groups excluding carboxylic acids is 1. The average molecular weight is 257 g/mol. The van der Waals surface area contributed by atoms with Crippen molar-refractivity contribution in [2.45, 2.75) is 11.8 Å².